The molecular formula is C22H21ClN2O5S. The number of nitrogens with one attached hydrogen (secondary N) is 2. The summed E-state index contributed by atoms with van der Waals surface area (Å²) in [4.78, 5) is 12.2. The molecule has 31 heavy (non-hydrogen) atoms. The molecule has 0 saturated heterocycles. The van der Waals surface area contributed by atoms with Gasteiger partial charge in [0.1, 0.15) is 11.5 Å². The minimum atomic E-state index is -3.78. The number of sulfonamides is 1. The lowest BCUT2D eigenvalue weighted by atomic mass is 10.2. The predicted octanol–water partition coefficient (Wildman–Crippen LogP) is 4.48. The van der Waals surface area contributed by atoms with E-state index < -0.39 is 10.0 Å². The van der Waals surface area contributed by atoms with E-state index >= 15 is 0 Å². The van der Waals surface area contributed by atoms with Gasteiger partial charge in [0.15, 0.2) is 6.61 Å². The highest BCUT2D eigenvalue weighted by Crippen LogP contribution is 2.24. The third kappa shape index (κ3) is 6.13. The summed E-state index contributed by atoms with van der Waals surface area (Å²) >= 11 is 5.82. The Labute approximate surface area is 186 Å². The Morgan fingerprint density at radius 1 is 1.00 bits per heavy atom. The second-order valence-corrected chi connectivity index (χ2v) is 8.73. The average molecular weight is 461 g/mol. The van der Waals surface area contributed by atoms with Crippen LogP contribution >= 0.6 is 11.6 Å². The van der Waals surface area contributed by atoms with Gasteiger partial charge in [0.25, 0.3) is 15.9 Å². The number of aryl methyl sites for hydroxylation is 1. The van der Waals surface area contributed by atoms with Crippen LogP contribution in [-0.2, 0) is 14.8 Å². The van der Waals surface area contributed by atoms with Gasteiger partial charge < -0.3 is 14.8 Å². The Kier molecular flexibility index (Phi) is 7.04. The Balaban J connectivity index is 1.63. The van der Waals surface area contributed by atoms with Crippen molar-refractivity contribution in [3.05, 3.63) is 77.3 Å². The van der Waals surface area contributed by atoms with Crippen molar-refractivity contribution in [2.45, 2.75) is 11.8 Å². The Morgan fingerprint density at radius 2 is 1.74 bits per heavy atom. The van der Waals surface area contributed by atoms with E-state index in [0.717, 1.165) is 0 Å². The fourth-order valence-electron chi connectivity index (χ4n) is 2.72. The number of methoxy groups -OCH3 is 1. The van der Waals surface area contributed by atoms with Crippen molar-refractivity contribution in [1.29, 1.82) is 0 Å². The maximum atomic E-state index is 12.6. The molecule has 0 bridgehead atoms. The second kappa shape index (κ2) is 9.72. The van der Waals surface area contributed by atoms with E-state index in [4.69, 9.17) is 21.1 Å². The van der Waals surface area contributed by atoms with E-state index in [1.165, 1.54) is 18.2 Å². The maximum absolute atomic E-state index is 12.6. The van der Waals surface area contributed by atoms with Gasteiger partial charge in [-0.25, -0.2) is 8.42 Å². The van der Waals surface area contributed by atoms with Crippen molar-refractivity contribution in [3.8, 4) is 11.5 Å². The molecule has 0 unspecified atom stereocenters. The molecule has 7 nitrogen and oxygen atoms in total. The van der Waals surface area contributed by atoms with Gasteiger partial charge in [-0.1, -0.05) is 17.7 Å². The zero-order valence-corrected chi connectivity index (χ0v) is 18.5. The van der Waals surface area contributed by atoms with Crippen LogP contribution in [0.2, 0.25) is 5.02 Å². The summed E-state index contributed by atoms with van der Waals surface area (Å²) in [7, 11) is -2.24. The van der Waals surface area contributed by atoms with Crippen LogP contribution < -0.4 is 19.5 Å². The Morgan fingerprint density at radius 3 is 2.42 bits per heavy atom. The number of halogens is 1. The lowest BCUT2D eigenvalue weighted by Gasteiger charge is -2.13. The van der Waals surface area contributed by atoms with Crippen LogP contribution in [0.1, 0.15) is 5.56 Å². The fourth-order valence-corrected chi connectivity index (χ4v) is 3.99. The number of ether oxygens (including phenoxy) is 2. The molecule has 0 spiro atoms. The van der Waals surface area contributed by atoms with Gasteiger partial charge in [0.2, 0.25) is 0 Å². The molecule has 9 heteroatoms. The van der Waals surface area contributed by atoms with E-state index in [2.05, 4.69) is 10.0 Å². The summed E-state index contributed by atoms with van der Waals surface area (Å²) in [6.07, 6.45) is 0. The summed E-state index contributed by atoms with van der Waals surface area (Å²) in [5.74, 6) is 0.679. The minimum absolute atomic E-state index is 0.0770. The zero-order chi connectivity index (χ0) is 22.4. The number of carbonyl (C=O) groups is 1. The first-order chi connectivity index (χ1) is 14.8. The molecule has 0 aliphatic rings. The van der Waals surface area contributed by atoms with Crippen molar-refractivity contribution in [2.24, 2.45) is 0 Å². The molecule has 0 fully saturated rings. The quantitative estimate of drug-likeness (QED) is 0.517. The number of carbonyl (C=O) groups excluding carboxylic acids is 1. The number of benzene rings is 3. The summed E-state index contributed by atoms with van der Waals surface area (Å²) in [6, 6.07) is 17.7. The first-order valence-electron chi connectivity index (χ1n) is 9.22. The van der Waals surface area contributed by atoms with Crippen molar-refractivity contribution in [1.82, 2.24) is 0 Å². The van der Waals surface area contributed by atoms with Crippen LogP contribution in [0.4, 0.5) is 11.4 Å². The molecule has 0 aliphatic heterocycles. The highest BCUT2D eigenvalue weighted by molar-refractivity contribution is 7.92. The van der Waals surface area contributed by atoms with Gasteiger partial charge in [-0.2, -0.15) is 0 Å². The molecule has 3 aromatic rings. The van der Waals surface area contributed by atoms with Crippen LogP contribution in [0, 0.1) is 6.92 Å². The minimum Gasteiger partial charge on any atom is -0.497 e. The smallest absolute Gasteiger partial charge is 0.262 e. The normalized spacial score (nSPS) is 10.9. The van der Waals surface area contributed by atoms with Crippen molar-refractivity contribution in [2.75, 3.05) is 23.8 Å². The van der Waals surface area contributed by atoms with E-state index in [1.807, 2.05) is 0 Å². The Hall–Kier alpha value is -3.23. The molecular weight excluding hydrogens is 440 g/mol. The van der Waals surface area contributed by atoms with E-state index in [-0.39, 0.29) is 17.4 Å². The highest BCUT2D eigenvalue weighted by Gasteiger charge is 2.16. The van der Waals surface area contributed by atoms with Crippen molar-refractivity contribution in [3.63, 3.8) is 0 Å². The third-order valence-electron chi connectivity index (χ3n) is 4.27. The summed E-state index contributed by atoms with van der Waals surface area (Å²) in [6.45, 7) is 1.48. The molecule has 3 aromatic carbocycles. The summed E-state index contributed by atoms with van der Waals surface area (Å²) < 4.78 is 38.4. The SMILES string of the molecule is COc1cccc(NC(=O)COc2ccc(S(=O)(=O)Nc3ccc(Cl)cc3)cc2C)c1. The van der Waals surface area contributed by atoms with Gasteiger partial charge >= 0.3 is 0 Å². The second-order valence-electron chi connectivity index (χ2n) is 6.61. The van der Waals surface area contributed by atoms with Gasteiger partial charge in [-0.05, 0) is 67.1 Å². The summed E-state index contributed by atoms with van der Waals surface area (Å²) in [5.41, 5.74) is 1.56. The molecule has 0 atom stereocenters. The molecule has 0 radical (unpaired) electrons. The molecule has 0 aliphatic carbocycles. The van der Waals surface area contributed by atoms with Crippen molar-refractivity contribution < 1.29 is 22.7 Å². The van der Waals surface area contributed by atoms with Gasteiger partial charge in [-0.15, -0.1) is 0 Å². The molecule has 0 aromatic heterocycles. The van der Waals surface area contributed by atoms with Crippen LogP contribution in [0.25, 0.3) is 0 Å². The molecule has 1 amide bonds. The van der Waals surface area contributed by atoms with E-state index in [9.17, 15) is 13.2 Å². The van der Waals surface area contributed by atoms with Crippen LogP contribution in [0.5, 0.6) is 11.5 Å². The predicted molar refractivity (Wildman–Crippen MR) is 121 cm³/mol. The molecule has 0 saturated carbocycles. The van der Waals surface area contributed by atoms with Crippen LogP contribution in [0.15, 0.2) is 71.6 Å². The third-order valence-corrected chi connectivity index (χ3v) is 5.90. The zero-order valence-electron chi connectivity index (χ0n) is 16.9. The number of rotatable bonds is 8. The lowest BCUT2D eigenvalue weighted by Crippen LogP contribution is -2.20. The standard InChI is InChI=1S/C22H21ClN2O5S/c1-15-12-20(31(27,28)25-17-8-6-16(23)7-9-17)10-11-21(15)30-14-22(26)24-18-4-3-5-19(13-18)29-2/h3-13,25H,14H2,1-2H3,(H,24,26). The maximum Gasteiger partial charge on any atom is 0.262 e. The average Bonchev–Trinajstić information content (AvgIpc) is 2.74. The largest absolute Gasteiger partial charge is 0.497 e. The topological polar surface area (TPSA) is 93.7 Å². The van der Waals surface area contributed by atoms with Crippen LogP contribution in [0.3, 0.4) is 0 Å². The van der Waals surface area contributed by atoms with Crippen LogP contribution in [-0.4, -0.2) is 28.0 Å². The monoisotopic (exact) mass is 460 g/mol. The first kappa shape index (κ1) is 22.5. The molecule has 162 valence electrons. The van der Waals surface area contributed by atoms with E-state index in [0.29, 0.717) is 33.5 Å². The molecule has 2 N–H and O–H groups in total. The number of hydrogen-bond donors (Lipinski definition) is 2. The molecule has 0 heterocycles. The first-order valence-corrected chi connectivity index (χ1v) is 11.1. The van der Waals surface area contributed by atoms with Gasteiger partial charge in [-0.3, -0.25) is 9.52 Å². The number of anilines is 2. The number of amides is 1. The molecule has 3 rings (SSSR count). The highest BCUT2D eigenvalue weighted by atomic mass is 35.5. The lowest BCUT2D eigenvalue weighted by molar-refractivity contribution is -0.118. The van der Waals surface area contributed by atoms with E-state index in [1.54, 1.807) is 62.6 Å². The summed E-state index contributed by atoms with van der Waals surface area (Å²) in [5, 5.41) is 3.22. The van der Waals surface area contributed by atoms with Gasteiger partial charge in [0, 0.05) is 22.5 Å². The fraction of sp³-hybridized carbons (Fsp3) is 0.136. The van der Waals surface area contributed by atoms with Gasteiger partial charge in [0.05, 0.1) is 12.0 Å². The van der Waals surface area contributed by atoms with Crippen molar-refractivity contribution >= 4 is 38.9 Å². The number of hydrogen-bond acceptors (Lipinski definition) is 5. The Bertz CT molecular complexity index is 1180.